The lowest BCUT2D eigenvalue weighted by atomic mass is 10.0. The van der Waals surface area contributed by atoms with Gasteiger partial charge in [0.1, 0.15) is 13.2 Å². The molecular formula is C61H106O6. The van der Waals surface area contributed by atoms with Gasteiger partial charge in [-0.3, -0.25) is 14.4 Å². The molecular weight excluding hydrogens is 829 g/mol. The summed E-state index contributed by atoms with van der Waals surface area (Å²) >= 11 is 0. The fraction of sp³-hybridized carbons (Fsp3) is 0.754. The van der Waals surface area contributed by atoms with Crippen LogP contribution >= 0.6 is 0 Å². The first-order valence-corrected chi connectivity index (χ1v) is 28.4. The Kier molecular flexibility index (Phi) is 52.8. The zero-order chi connectivity index (χ0) is 48.6. The zero-order valence-electron chi connectivity index (χ0n) is 44.2. The van der Waals surface area contributed by atoms with E-state index in [1.54, 1.807) is 0 Å². The SMILES string of the molecule is CC/C=C\C/C=C\C/C=C\C/C=C\CCCCCCCCC(=O)OCC(COC(=O)CCCCCCCCCCCCCC)OC(=O)CCCCCCCCC/C=C\C/C=C\CCCCCC. The molecule has 6 heteroatoms. The van der Waals surface area contributed by atoms with Crippen molar-refractivity contribution in [3.63, 3.8) is 0 Å². The van der Waals surface area contributed by atoms with Crippen molar-refractivity contribution in [1.29, 1.82) is 0 Å². The molecule has 0 N–H and O–H groups in total. The van der Waals surface area contributed by atoms with Crippen LogP contribution in [0.5, 0.6) is 0 Å². The summed E-state index contributed by atoms with van der Waals surface area (Å²) in [5.74, 6) is -0.896. The Hall–Kier alpha value is -3.15. The highest BCUT2D eigenvalue weighted by molar-refractivity contribution is 5.71. The lowest BCUT2D eigenvalue weighted by Gasteiger charge is -2.18. The van der Waals surface area contributed by atoms with Gasteiger partial charge in [0, 0.05) is 19.3 Å². The third kappa shape index (κ3) is 53.7. The first-order chi connectivity index (χ1) is 33.0. The first kappa shape index (κ1) is 63.8. The van der Waals surface area contributed by atoms with E-state index in [9.17, 15) is 14.4 Å². The molecule has 0 aliphatic carbocycles. The Morgan fingerprint density at radius 1 is 0.313 bits per heavy atom. The Bertz CT molecular complexity index is 1260. The molecule has 0 saturated carbocycles. The van der Waals surface area contributed by atoms with E-state index >= 15 is 0 Å². The van der Waals surface area contributed by atoms with E-state index < -0.39 is 6.10 Å². The molecule has 0 aromatic carbocycles. The molecule has 0 saturated heterocycles. The van der Waals surface area contributed by atoms with E-state index in [-0.39, 0.29) is 31.1 Å². The van der Waals surface area contributed by atoms with Gasteiger partial charge in [-0.05, 0) is 89.9 Å². The number of hydrogen-bond acceptors (Lipinski definition) is 6. The van der Waals surface area contributed by atoms with E-state index in [1.165, 1.54) is 135 Å². The average molecular weight is 936 g/mol. The summed E-state index contributed by atoms with van der Waals surface area (Å²) in [5.41, 5.74) is 0. The molecule has 0 bridgehead atoms. The second-order valence-corrected chi connectivity index (χ2v) is 18.8. The Balaban J connectivity index is 4.39. The van der Waals surface area contributed by atoms with Gasteiger partial charge in [0.05, 0.1) is 0 Å². The van der Waals surface area contributed by atoms with Crippen molar-refractivity contribution < 1.29 is 28.6 Å². The molecule has 0 fully saturated rings. The van der Waals surface area contributed by atoms with Gasteiger partial charge in [-0.15, -0.1) is 0 Å². The van der Waals surface area contributed by atoms with Gasteiger partial charge in [0.25, 0.3) is 0 Å². The standard InChI is InChI=1S/C61H106O6/c1-4-7-10-13-16-19-22-25-27-29-31-33-34-36-39-42-45-48-51-54-60(63)66-57-58(56-65-59(62)53-50-47-44-41-38-24-21-18-15-12-9-6-3)67-61(64)55-52-49-46-43-40-37-35-32-30-28-26-23-20-17-14-11-8-5-2/h7,10,16,19-20,23,25,27-28,30-31,33,58H,4-6,8-9,11-15,17-18,21-22,24,26,29,32,34-57H2,1-3H3/b10-7-,19-16-,23-20-,27-25-,30-28-,33-31-. The Labute approximate surface area is 414 Å². The van der Waals surface area contributed by atoms with Crippen LogP contribution in [0.15, 0.2) is 72.9 Å². The Morgan fingerprint density at radius 3 is 0.925 bits per heavy atom. The topological polar surface area (TPSA) is 78.9 Å². The highest BCUT2D eigenvalue weighted by Gasteiger charge is 2.19. The van der Waals surface area contributed by atoms with Crippen LogP contribution in [0.2, 0.25) is 0 Å². The summed E-state index contributed by atoms with van der Waals surface area (Å²) in [4.78, 5) is 38.1. The molecule has 386 valence electrons. The highest BCUT2D eigenvalue weighted by atomic mass is 16.6. The van der Waals surface area contributed by atoms with Crippen molar-refractivity contribution in [2.24, 2.45) is 0 Å². The van der Waals surface area contributed by atoms with Crippen molar-refractivity contribution in [2.45, 2.75) is 284 Å². The predicted octanol–water partition coefficient (Wildman–Crippen LogP) is 19.0. The first-order valence-electron chi connectivity index (χ1n) is 28.4. The van der Waals surface area contributed by atoms with Crippen molar-refractivity contribution >= 4 is 17.9 Å². The largest absolute Gasteiger partial charge is 0.462 e. The number of unbranched alkanes of at least 4 members (excludes halogenated alkanes) is 28. The molecule has 0 radical (unpaired) electrons. The number of hydrogen-bond donors (Lipinski definition) is 0. The normalized spacial score (nSPS) is 12.6. The van der Waals surface area contributed by atoms with E-state index in [0.29, 0.717) is 19.3 Å². The van der Waals surface area contributed by atoms with Crippen molar-refractivity contribution in [2.75, 3.05) is 13.2 Å². The van der Waals surface area contributed by atoms with Crippen LogP contribution in [-0.4, -0.2) is 37.2 Å². The number of carbonyl (C=O) groups is 3. The van der Waals surface area contributed by atoms with Gasteiger partial charge < -0.3 is 14.2 Å². The number of ether oxygens (including phenoxy) is 3. The van der Waals surface area contributed by atoms with E-state index in [4.69, 9.17) is 14.2 Å². The molecule has 0 aromatic heterocycles. The van der Waals surface area contributed by atoms with Crippen LogP contribution in [-0.2, 0) is 28.6 Å². The van der Waals surface area contributed by atoms with Gasteiger partial charge in [0.15, 0.2) is 6.10 Å². The average Bonchev–Trinajstić information content (AvgIpc) is 3.33. The number of esters is 3. The molecule has 0 spiro atoms. The summed E-state index contributed by atoms with van der Waals surface area (Å²) in [5, 5.41) is 0. The second kappa shape index (κ2) is 55.4. The monoisotopic (exact) mass is 935 g/mol. The van der Waals surface area contributed by atoms with Crippen molar-refractivity contribution in [3.8, 4) is 0 Å². The second-order valence-electron chi connectivity index (χ2n) is 18.8. The molecule has 0 aromatic rings. The smallest absolute Gasteiger partial charge is 0.306 e. The third-order valence-electron chi connectivity index (χ3n) is 12.2. The molecule has 0 rings (SSSR count). The maximum absolute atomic E-state index is 12.8. The van der Waals surface area contributed by atoms with Gasteiger partial charge in [-0.25, -0.2) is 0 Å². The van der Waals surface area contributed by atoms with E-state index in [2.05, 4.69) is 93.7 Å². The van der Waals surface area contributed by atoms with E-state index in [0.717, 1.165) is 103 Å². The molecule has 0 aliphatic heterocycles. The highest BCUT2D eigenvalue weighted by Crippen LogP contribution is 2.15. The summed E-state index contributed by atoms with van der Waals surface area (Å²) in [7, 11) is 0. The molecule has 0 heterocycles. The summed E-state index contributed by atoms with van der Waals surface area (Å²) in [6.07, 6.45) is 70.3. The number of rotatable bonds is 51. The minimum Gasteiger partial charge on any atom is -0.462 e. The van der Waals surface area contributed by atoms with Crippen LogP contribution in [0.4, 0.5) is 0 Å². The van der Waals surface area contributed by atoms with Gasteiger partial charge in [-0.2, -0.15) is 0 Å². The third-order valence-corrected chi connectivity index (χ3v) is 12.2. The van der Waals surface area contributed by atoms with Crippen molar-refractivity contribution in [3.05, 3.63) is 72.9 Å². The Morgan fingerprint density at radius 2 is 0.582 bits per heavy atom. The lowest BCUT2D eigenvalue weighted by Crippen LogP contribution is -2.30. The summed E-state index contributed by atoms with van der Waals surface area (Å²) < 4.78 is 16.8. The van der Waals surface area contributed by atoms with Crippen LogP contribution in [0.3, 0.4) is 0 Å². The predicted molar refractivity (Wildman–Crippen MR) is 288 cm³/mol. The van der Waals surface area contributed by atoms with Crippen LogP contribution in [0, 0.1) is 0 Å². The quantitative estimate of drug-likeness (QED) is 0.0262. The molecule has 1 atom stereocenters. The van der Waals surface area contributed by atoms with Gasteiger partial charge in [-0.1, -0.05) is 241 Å². The lowest BCUT2D eigenvalue weighted by molar-refractivity contribution is -0.167. The fourth-order valence-electron chi connectivity index (χ4n) is 7.93. The maximum atomic E-state index is 12.8. The van der Waals surface area contributed by atoms with Crippen LogP contribution < -0.4 is 0 Å². The van der Waals surface area contributed by atoms with Gasteiger partial charge in [0.2, 0.25) is 0 Å². The molecule has 67 heavy (non-hydrogen) atoms. The van der Waals surface area contributed by atoms with E-state index in [1.807, 2.05) is 0 Å². The minimum absolute atomic E-state index is 0.0813. The number of carbonyl (C=O) groups excluding carboxylic acids is 3. The fourth-order valence-corrected chi connectivity index (χ4v) is 7.93. The summed E-state index contributed by atoms with van der Waals surface area (Å²) in [6, 6.07) is 0. The van der Waals surface area contributed by atoms with Crippen LogP contribution in [0.25, 0.3) is 0 Å². The van der Waals surface area contributed by atoms with Crippen LogP contribution in [0.1, 0.15) is 278 Å². The summed E-state index contributed by atoms with van der Waals surface area (Å²) in [6.45, 7) is 6.51. The molecule has 1 unspecified atom stereocenters. The molecule has 0 aliphatic rings. The molecule has 6 nitrogen and oxygen atoms in total. The maximum Gasteiger partial charge on any atom is 0.306 e. The van der Waals surface area contributed by atoms with Gasteiger partial charge >= 0.3 is 17.9 Å². The number of allylic oxidation sites excluding steroid dienone is 12. The van der Waals surface area contributed by atoms with Crippen molar-refractivity contribution in [1.82, 2.24) is 0 Å². The molecule has 0 amide bonds. The zero-order valence-corrected chi connectivity index (χ0v) is 44.2. The minimum atomic E-state index is -0.784.